The van der Waals surface area contributed by atoms with Crippen LogP contribution in [0.2, 0.25) is 0 Å². The molecular weight excluding hydrogens is 978 g/mol. The highest BCUT2D eigenvalue weighted by Gasteiger charge is 2.26. The lowest BCUT2D eigenvalue weighted by atomic mass is 10.0. The predicted molar refractivity (Wildman–Crippen MR) is 330 cm³/mol. The Balaban J connectivity index is 3.93. The molecule has 0 spiro atoms. The van der Waals surface area contributed by atoms with Crippen molar-refractivity contribution < 1.29 is 37.6 Å². The van der Waals surface area contributed by atoms with Crippen molar-refractivity contribution in [1.29, 1.82) is 0 Å². The van der Waals surface area contributed by atoms with Gasteiger partial charge in [0.1, 0.15) is 6.61 Å². The van der Waals surface area contributed by atoms with Gasteiger partial charge in [0.05, 0.1) is 13.2 Å². The van der Waals surface area contributed by atoms with E-state index in [-0.39, 0.29) is 38.6 Å². The fourth-order valence-corrected chi connectivity index (χ4v) is 10.0. The molecule has 2 atom stereocenters. The van der Waals surface area contributed by atoms with Crippen LogP contribution in [0, 0.1) is 0 Å². The van der Waals surface area contributed by atoms with Crippen LogP contribution in [0.25, 0.3) is 0 Å². The molecule has 0 aromatic rings. The molecule has 0 rings (SSSR count). The van der Waals surface area contributed by atoms with Crippen LogP contribution < -0.4 is 5.73 Å². The minimum Gasteiger partial charge on any atom is -0.462 e. The molecule has 0 aliphatic carbocycles. The Labute approximate surface area is 475 Å². The van der Waals surface area contributed by atoms with Crippen LogP contribution >= 0.6 is 7.82 Å². The molecule has 10 heteroatoms. The van der Waals surface area contributed by atoms with Crippen LogP contribution in [-0.2, 0) is 32.7 Å². The number of unbranched alkanes of at least 4 members (excludes halogenated alkanes) is 36. The lowest BCUT2D eigenvalue weighted by Crippen LogP contribution is -2.29. The van der Waals surface area contributed by atoms with Gasteiger partial charge in [0, 0.05) is 19.4 Å². The Morgan fingerprint density at radius 2 is 0.675 bits per heavy atom. The normalized spacial score (nSPS) is 13.5. The van der Waals surface area contributed by atoms with Gasteiger partial charge in [0.2, 0.25) is 0 Å². The maximum absolute atomic E-state index is 12.7. The fourth-order valence-electron chi connectivity index (χ4n) is 9.24. The van der Waals surface area contributed by atoms with Gasteiger partial charge in [-0.3, -0.25) is 18.6 Å². The number of carbonyl (C=O) groups excluding carboxylic acids is 2. The quantitative estimate of drug-likeness (QED) is 0.0264. The van der Waals surface area contributed by atoms with Crippen LogP contribution in [0.3, 0.4) is 0 Å². The van der Waals surface area contributed by atoms with Crippen molar-refractivity contribution >= 4 is 19.8 Å². The van der Waals surface area contributed by atoms with Gasteiger partial charge < -0.3 is 20.1 Å². The van der Waals surface area contributed by atoms with Crippen LogP contribution in [0.15, 0.2) is 72.9 Å². The Morgan fingerprint density at radius 3 is 1.00 bits per heavy atom. The Bertz CT molecular complexity index is 1490. The van der Waals surface area contributed by atoms with Crippen molar-refractivity contribution in [1.82, 2.24) is 0 Å². The number of hydrogen-bond donors (Lipinski definition) is 2. The average molecular weight is 1100 g/mol. The van der Waals surface area contributed by atoms with E-state index in [9.17, 15) is 19.0 Å². The summed E-state index contributed by atoms with van der Waals surface area (Å²) in [5.74, 6) is -0.822. The number of nitrogens with two attached hydrogens (primary N) is 1. The molecule has 0 bridgehead atoms. The largest absolute Gasteiger partial charge is 0.472 e. The molecule has 0 amide bonds. The summed E-state index contributed by atoms with van der Waals surface area (Å²) in [5.41, 5.74) is 5.39. The van der Waals surface area contributed by atoms with Crippen LogP contribution in [0.4, 0.5) is 0 Å². The smallest absolute Gasteiger partial charge is 0.462 e. The molecule has 0 aliphatic rings. The monoisotopic (exact) mass is 1100 g/mol. The van der Waals surface area contributed by atoms with E-state index in [0.29, 0.717) is 6.42 Å². The molecule has 0 aromatic carbocycles. The van der Waals surface area contributed by atoms with Gasteiger partial charge in [0.25, 0.3) is 0 Å². The second-order valence-electron chi connectivity index (χ2n) is 21.6. The first-order valence-corrected chi connectivity index (χ1v) is 33.9. The van der Waals surface area contributed by atoms with E-state index in [2.05, 4.69) is 86.8 Å². The number of phosphoric ester groups is 1. The number of phosphoric acid groups is 1. The lowest BCUT2D eigenvalue weighted by Gasteiger charge is -2.19. The number of esters is 2. The van der Waals surface area contributed by atoms with Gasteiger partial charge in [-0.2, -0.15) is 0 Å². The fraction of sp³-hybridized carbons (Fsp3) is 0.791. The zero-order chi connectivity index (χ0) is 55.9. The van der Waals surface area contributed by atoms with Crippen LogP contribution in [-0.4, -0.2) is 49.3 Å². The highest BCUT2D eigenvalue weighted by atomic mass is 31.2. The molecule has 9 nitrogen and oxygen atoms in total. The van der Waals surface area contributed by atoms with E-state index >= 15 is 0 Å². The number of rotatable bonds is 61. The minimum absolute atomic E-state index is 0.0515. The molecule has 0 aromatic heterocycles. The van der Waals surface area contributed by atoms with E-state index in [1.54, 1.807) is 0 Å². The zero-order valence-corrected chi connectivity index (χ0v) is 51.1. The van der Waals surface area contributed by atoms with Crippen molar-refractivity contribution in [3.05, 3.63) is 72.9 Å². The Morgan fingerprint density at radius 1 is 0.390 bits per heavy atom. The summed E-state index contributed by atoms with van der Waals surface area (Å²) >= 11 is 0. The Kier molecular flexibility index (Phi) is 60.6. The third kappa shape index (κ3) is 62.5. The zero-order valence-electron chi connectivity index (χ0n) is 50.2. The summed E-state index contributed by atoms with van der Waals surface area (Å²) in [4.78, 5) is 35.3. The van der Waals surface area contributed by atoms with Crippen molar-refractivity contribution in [2.24, 2.45) is 5.73 Å². The van der Waals surface area contributed by atoms with Crippen LogP contribution in [0.1, 0.15) is 309 Å². The molecule has 0 radical (unpaired) electrons. The maximum atomic E-state index is 12.7. The molecule has 0 fully saturated rings. The van der Waals surface area contributed by atoms with Crippen molar-refractivity contribution in [3.63, 3.8) is 0 Å². The van der Waals surface area contributed by atoms with Crippen LogP contribution in [0.5, 0.6) is 0 Å². The second kappa shape index (κ2) is 62.6. The standard InChI is InChI=1S/C67H122NO8P/c1-3-5-7-9-11-13-15-17-19-21-23-25-27-29-31-32-34-36-38-40-42-44-46-48-50-52-54-56-58-60-67(70)76-65(64-75-77(71,72)74-62-61-68)63-73-66(69)59-57-55-53-51-49-47-45-43-41-39-37-35-33-30-28-26-24-22-20-18-16-14-12-10-8-6-4-2/h15-18,21-24,27-30,65H,3-14,19-20,25-26,31-64,68H2,1-2H3,(H,71,72)/b17-15-,18-16-,23-21-,24-22-,29-27-,30-28-. The molecule has 0 heterocycles. The second-order valence-corrected chi connectivity index (χ2v) is 23.1. The maximum Gasteiger partial charge on any atom is 0.472 e. The van der Waals surface area contributed by atoms with Gasteiger partial charge in [0.15, 0.2) is 6.10 Å². The highest BCUT2D eigenvalue weighted by Crippen LogP contribution is 2.43. The summed E-state index contributed by atoms with van der Waals surface area (Å²) in [7, 11) is -4.39. The molecule has 0 aliphatic heterocycles. The number of carbonyl (C=O) groups is 2. The van der Waals surface area contributed by atoms with Gasteiger partial charge in [-0.05, 0) is 89.9 Å². The third-order valence-electron chi connectivity index (χ3n) is 14.1. The molecule has 448 valence electrons. The van der Waals surface area contributed by atoms with Gasteiger partial charge >= 0.3 is 19.8 Å². The molecule has 0 saturated carbocycles. The van der Waals surface area contributed by atoms with Gasteiger partial charge in [-0.25, -0.2) is 4.57 Å². The third-order valence-corrected chi connectivity index (χ3v) is 15.0. The Hall–Kier alpha value is -2.55. The van der Waals surface area contributed by atoms with Gasteiger partial charge in [-0.1, -0.05) is 279 Å². The molecular formula is C67H122NO8P. The summed E-state index contributed by atoms with van der Waals surface area (Å²) in [6.45, 7) is 3.75. The first-order valence-electron chi connectivity index (χ1n) is 32.4. The van der Waals surface area contributed by atoms with E-state index in [1.165, 1.54) is 212 Å². The highest BCUT2D eigenvalue weighted by molar-refractivity contribution is 7.47. The SMILES string of the molecule is CCCCCCC/C=C\C/C=C\C/C=C\CCCCCCCCCCCCCCCCC(=O)OC(COC(=O)CCCCCCCCCCCCCC/C=C\C/C=C\C/C=C\CCCCCCC)COP(=O)(O)OCCN. The predicted octanol–water partition coefficient (Wildman–Crippen LogP) is 20.9. The summed E-state index contributed by atoms with van der Waals surface area (Å²) in [6.07, 6.45) is 81.1. The van der Waals surface area contributed by atoms with Crippen molar-refractivity contribution in [3.8, 4) is 0 Å². The number of allylic oxidation sites excluding steroid dienone is 12. The first-order chi connectivity index (χ1) is 37.8. The number of ether oxygens (including phenoxy) is 2. The number of hydrogen-bond acceptors (Lipinski definition) is 8. The summed E-state index contributed by atoms with van der Waals surface area (Å²) in [5, 5.41) is 0. The van der Waals surface area contributed by atoms with Crippen molar-refractivity contribution in [2.75, 3.05) is 26.4 Å². The molecule has 77 heavy (non-hydrogen) atoms. The molecule has 0 saturated heterocycles. The first kappa shape index (κ1) is 74.5. The molecule has 2 unspecified atom stereocenters. The van der Waals surface area contributed by atoms with Crippen molar-refractivity contribution in [2.45, 2.75) is 315 Å². The lowest BCUT2D eigenvalue weighted by molar-refractivity contribution is -0.161. The van der Waals surface area contributed by atoms with E-state index in [4.69, 9.17) is 24.3 Å². The molecule has 3 N–H and O–H groups in total. The summed E-state index contributed by atoms with van der Waals surface area (Å²) < 4.78 is 33.1. The minimum atomic E-state index is -4.39. The van der Waals surface area contributed by atoms with E-state index in [1.807, 2.05) is 0 Å². The van der Waals surface area contributed by atoms with E-state index in [0.717, 1.165) is 64.2 Å². The summed E-state index contributed by atoms with van der Waals surface area (Å²) in [6, 6.07) is 0. The van der Waals surface area contributed by atoms with Gasteiger partial charge in [-0.15, -0.1) is 0 Å². The topological polar surface area (TPSA) is 134 Å². The average Bonchev–Trinajstić information content (AvgIpc) is 3.42. The van der Waals surface area contributed by atoms with E-state index < -0.39 is 26.5 Å².